The van der Waals surface area contributed by atoms with Crippen molar-refractivity contribution in [2.24, 2.45) is 0 Å². The number of thioether (sulfide) groups is 1. The van der Waals surface area contributed by atoms with Gasteiger partial charge in [0.15, 0.2) is 0 Å². The van der Waals surface area contributed by atoms with Gasteiger partial charge in [0.05, 0.1) is 11.5 Å². The monoisotopic (exact) mass is 356 g/mol. The normalized spacial score (nSPS) is 10.4. The fraction of sp³-hybridized carbons (Fsp3) is 0.300. The van der Waals surface area contributed by atoms with Crippen LogP contribution in [-0.4, -0.2) is 23.3 Å². The van der Waals surface area contributed by atoms with Gasteiger partial charge in [-0.05, 0) is 68.1 Å². The third kappa shape index (κ3) is 5.94. The van der Waals surface area contributed by atoms with Gasteiger partial charge in [-0.2, -0.15) is 0 Å². The highest BCUT2D eigenvalue weighted by Crippen LogP contribution is 2.17. The van der Waals surface area contributed by atoms with Crippen molar-refractivity contribution >= 4 is 35.0 Å². The van der Waals surface area contributed by atoms with E-state index in [4.69, 9.17) is 0 Å². The first kappa shape index (κ1) is 19.1. The lowest BCUT2D eigenvalue weighted by atomic mass is 10.1. The zero-order chi connectivity index (χ0) is 18.4. The highest BCUT2D eigenvalue weighted by atomic mass is 32.2. The molecule has 2 aromatic rings. The molecule has 25 heavy (non-hydrogen) atoms. The maximum Gasteiger partial charge on any atom is 0.234 e. The van der Waals surface area contributed by atoms with Crippen molar-refractivity contribution in [3.8, 4) is 0 Å². The van der Waals surface area contributed by atoms with Crippen molar-refractivity contribution in [3.05, 3.63) is 58.7 Å². The van der Waals surface area contributed by atoms with Crippen molar-refractivity contribution in [2.75, 3.05) is 22.1 Å². The molecule has 0 atom stereocenters. The molecule has 2 N–H and O–H groups in total. The number of benzene rings is 2. The van der Waals surface area contributed by atoms with Gasteiger partial charge < -0.3 is 10.6 Å². The van der Waals surface area contributed by atoms with Crippen LogP contribution >= 0.6 is 11.8 Å². The standard InChI is InChI=1S/C20H24N2O2S/c1-13-5-6-15(3)18(9-13)22-20(24)12-25-11-19(23)21-17-8-7-14(2)16(4)10-17/h5-10H,11-12H2,1-4H3,(H,21,23)(H,22,24). The van der Waals surface area contributed by atoms with Crippen LogP contribution in [0.5, 0.6) is 0 Å². The number of rotatable bonds is 6. The largest absolute Gasteiger partial charge is 0.325 e. The molecule has 2 rings (SSSR count). The van der Waals surface area contributed by atoms with Crippen LogP contribution in [0, 0.1) is 27.7 Å². The van der Waals surface area contributed by atoms with E-state index in [-0.39, 0.29) is 23.3 Å². The lowest BCUT2D eigenvalue weighted by Gasteiger charge is -2.10. The summed E-state index contributed by atoms with van der Waals surface area (Å²) in [5, 5.41) is 5.76. The molecule has 0 radical (unpaired) electrons. The third-order valence-electron chi connectivity index (χ3n) is 3.92. The Morgan fingerprint density at radius 1 is 0.800 bits per heavy atom. The molecule has 4 nitrogen and oxygen atoms in total. The van der Waals surface area contributed by atoms with Crippen molar-refractivity contribution in [3.63, 3.8) is 0 Å². The number of hydrogen-bond donors (Lipinski definition) is 2. The number of aryl methyl sites for hydroxylation is 4. The molecular formula is C20H24N2O2S. The van der Waals surface area contributed by atoms with E-state index in [0.29, 0.717) is 0 Å². The van der Waals surface area contributed by atoms with E-state index in [9.17, 15) is 9.59 Å². The van der Waals surface area contributed by atoms with Crippen LogP contribution in [0.4, 0.5) is 11.4 Å². The van der Waals surface area contributed by atoms with Gasteiger partial charge in [0.1, 0.15) is 0 Å². The Morgan fingerprint density at radius 2 is 1.44 bits per heavy atom. The Kier molecular flexibility index (Phi) is 6.65. The Hall–Kier alpha value is -2.27. The number of hydrogen-bond acceptors (Lipinski definition) is 3. The predicted octanol–water partition coefficient (Wildman–Crippen LogP) is 4.23. The zero-order valence-corrected chi connectivity index (χ0v) is 15.9. The Balaban J connectivity index is 1.77. The van der Waals surface area contributed by atoms with E-state index in [1.165, 1.54) is 17.3 Å². The van der Waals surface area contributed by atoms with Gasteiger partial charge >= 0.3 is 0 Å². The van der Waals surface area contributed by atoms with Crippen molar-refractivity contribution in [1.82, 2.24) is 0 Å². The molecule has 0 aromatic heterocycles. The van der Waals surface area contributed by atoms with Gasteiger partial charge in [-0.15, -0.1) is 11.8 Å². The van der Waals surface area contributed by atoms with Gasteiger partial charge in [0.2, 0.25) is 11.8 Å². The van der Waals surface area contributed by atoms with E-state index in [0.717, 1.165) is 28.1 Å². The SMILES string of the molecule is Cc1ccc(C)c(NC(=O)CSCC(=O)Nc2ccc(C)c(C)c2)c1. The van der Waals surface area contributed by atoms with Crippen LogP contribution in [-0.2, 0) is 9.59 Å². The molecule has 0 fully saturated rings. The summed E-state index contributed by atoms with van der Waals surface area (Å²) in [7, 11) is 0. The molecule has 5 heteroatoms. The van der Waals surface area contributed by atoms with Crippen LogP contribution in [0.25, 0.3) is 0 Å². The molecule has 132 valence electrons. The van der Waals surface area contributed by atoms with Crippen LogP contribution in [0.15, 0.2) is 36.4 Å². The number of carbonyl (C=O) groups excluding carboxylic acids is 2. The molecule has 0 spiro atoms. The average molecular weight is 356 g/mol. The molecule has 2 amide bonds. The fourth-order valence-corrected chi connectivity index (χ4v) is 2.93. The molecule has 2 aromatic carbocycles. The maximum absolute atomic E-state index is 12.0. The Bertz CT molecular complexity index is 787. The predicted molar refractivity (Wildman–Crippen MR) is 106 cm³/mol. The second-order valence-electron chi connectivity index (χ2n) is 6.21. The Labute approximate surface area is 153 Å². The second kappa shape index (κ2) is 8.72. The first-order valence-corrected chi connectivity index (χ1v) is 9.32. The highest BCUT2D eigenvalue weighted by Gasteiger charge is 2.08. The second-order valence-corrected chi connectivity index (χ2v) is 7.19. The summed E-state index contributed by atoms with van der Waals surface area (Å²) in [5.74, 6) is 0.284. The van der Waals surface area contributed by atoms with Crippen LogP contribution in [0.2, 0.25) is 0 Å². The van der Waals surface area contributed by atoms with E-state index >= 15 is 0 Å². The lowest BCUT2D eigenvalue weighted by Crippen LogP contribution is -2.19. The third-order valence-corrected chi connectivity index (χ3v) is 4.86. The average Bonchev–Trinajstić information content (AvgIpc) is 2.54. The van der Waals surface area contributed by atoms with Crippen LogP contribution < -0.4 is 10.6 Å². The maximum atomic E-state index is 12.0. The lowest BCUT2D eigenvalue weighted by molar-refractivity contribution is -0.114. The van der Waals surface area contributed by atoms with Crippen molar-refractivity contribution in [1.29, 1.82) is 0 Å². The number of nitrogens with one attached hydrogen (secondary N) is 2. The number of amides is 2. The van der Waals surface area contributed by atoms with Gasteiger partial charge in [0.25, 0.3) is 0 Å². The molecule has 0 aliphatic heterocycles. The highest BCUT2D eigenvalue weighted by molar-refractivity contribution is 8.00. The van der Waals surface area contributed by atoms with Crippen molar-refractivity contribution < 1.29 is 9.59 Å². The fourth-order valence-electron chi connectivity index (χ4n) is 2.31. The van der Waals surface area contributed by atoms with E-state index in [1.807, 2.05) is 64.1 Å². The molecule has 0 bridgehead atoms. The topological polar surface area (TPSA) is 58.2 Å². The minimum atomic E-state index is -0.104. The minimum Gasteiger partial charge on any atom is -0.325 e. The van der Waals surface area contributed by atoms with E-state index < -0.39 is 0 Å². The number of carbonyl (C=O) groups is 2. The Morgan fingerprint density at radius 3 is 2.12 bits per heavy atom. The van der Waals surface area contributed by atoms with Crippen LogP contribution in [0.1, 0.15) is 22.3 Å². The van der Waals surface area contributed by atoms with Crippen LogP contribution in [0.3, 0.4) is 0 Å². The van der Waals surface area contributed by atoms with Gasteiger partial charge in [0, 0.05) is 11.4 Å². The summed E-state index contributed by atoms with van der Waals surface area (Å²) in [6.45, 7) is 7.99. The molecular weight excluding hydrogens is 332 g/mol. The smallest absolute Gasteiger partial charge is 0.234 e. The molecule has 0 saturated heterocycles. The van der Waals surface area contributed by atoms with Gasteiger partial charge in [-0.1, -0.05) is 18.2 Å². The molecule has 0 unspecified atom stereocenters. The number of anilines is 2. The van der Waals surface area contributed by atoms with Crippen molar-refractivity contribution in [2.45, 2.75) is 27.7 Å². The first-order chi connectivity index (χ1) is 11.8. The molecule has 0 saturated carbocycles. The quantitative estimate of drug-likeness (QED) is 0.814. The minimum absolute atomic E-state index is 0.0994. The van der Waals surface area contributed by atoms with E-state index in [1.54, 1.807) is 0 Å². The molecule has 0 heterocycles. The summed E-state index contributed by atoms with van der Waals surface area (Å²) in [4.78, 5) is 24.0. The molecule has 0 aliphatic rings. The van der Waals surface area contributed by atoms with E-state index in [2.05, 4.69) is 10.6 Å². The first-order valence-electron chi connectivity index (χ1n) is 8.17. The summed E-state index contributed by atoms with van der Waals surface area (Å²) in [6.07, 6.45) is 0. The zero-order valence-electron chi connectivity index (χ0n) is 15.1. The molecule has 0 aliphatic carbocycles. The summed E-state index contributed by atoms with van der Waals surface area (Å²) >= 11 is 1.30. The summed E-state index contributed by atoms with van der Waals surface area (Å²) < 4.78 is 0. The summed E-state index contributed by atoms with van der Waals surface area (Å²) in [5.41, 5.74) is 6.06. The summed E-state index contributed by atoms with van der Waals surface area (Å²) in [6, 6.07) is 11.8. The van der Waals surface area contributed by atoms with Gasteiger partial charge in [-0.3, -0.25) is 9.59 Å². The van der Waals surface area contributed by atoms with Gasteiger partial charge in [-0.25, -0.2) is 0 Å².